The number of carbonyl (C=O) groups is 2. The number of benzene rings is 5. The minimum atomic E-state index is -0.696. The Labute approximate surface area is 323 Å². The Bertz CT molecular complexity index is 2940. The number of aromatic nitrogens is 2. The number of fused-ring (bicyclic) bond motifs is 2. The van der Waals surface area contributed by atoms with Crippen molar-refractivity contribution in [2.45, 2.75) is 20.8 Å². The molecule has 0 unspecified atom stereocenters. The van der Waals surface area contributed by atoms with Gasteiger partial charge in [-0.25, -0.2) is 14.2 Å². The summed E-state index contributed by atoms with van der Waals surface area (Å²) in [7, 11) is 1.33. The first-order valence-corrected chi connectivity index (χ1v) is 17.3. The number of nitrogens with zero attached hydrogens (tertiary/aromatic N) is 2. The Kier molecular flexibility index (Phi) is 9.74. The molecule has 0 fully saturated rings. The monoisotopic (exact) mass is 764 g/mol. The largest absolute Gasteiger partial charge is 0.457 e. The van der Waals surface area contributed by atoms with Gasteiger partial charge in [-0.15, -0.1) is 0 Å². The maximum absolute atomic E-state index is 13.7. The van der Waals surface area contributed by atoms with E-state index in [4.69, 9.17) is 23.7 Å². The molecule has 2 aromatic heterocycles. The molecule has 0 saturated carbocycles. The first kappa shape index (κ1) is 37.5. The molecule has 0 aliphatic rings. The van der Waals surface area contributed by atoms with Crippen molar-refractivity contribution in [2.75, 3.05) is 0 Å². The number of carbonyl (C=O) groups excluding carboxylic acids is 2. The molecule has 0 saturated heterocycles. The van der Waals surface area contributed by atoms with Crippen molar-refractivity contribution in [1.29, 1.82) is 0 Å². The van der Waals surface area contributed by atoms with Crippen LogP contribution in [0.3, 0.4) is 0 Å². The van der Waals surface area contributed by atoms with E-state index in [0.29, 0.717) is 23.0 Å². The molecule has 0 amide bonds. The lowest BCUT2D eigenvalue weighted by molar-refractivity contribution is -0.130. The van der Waals surface area contributed by atoms with Gasteiger partial charge in [-0.05, 0) is 105 Å². The first-order valence-electron chi connectivity index (χ1n) is 17.3. The minimum Gasteiger partial charge on any atom is -0.457 e. The topological polar surface area (TPSA) is 158 Å². The molecule has 13 nitrogen and oxygen atoms in total. The summed E-state index contributed by atoms with van der Waals surface area (Å²) >= 11 is 0. The highest BCUT2D eigenvalue weighted by atomic mass is 16.5. The summed E-state index contributed by atoms with van der Waals surface area (Å²) in [6.07, 6.45) is 0. The highest BCUT2D eigenvalue weighted by Gasteiger charge is 2.21. The van der Waals surface area contributed by atoms with Gasteiger partial charge in [0.2, 0.25) is 0 Å². The van der Waals surface area contributed by atoms with Crippen molar-refractivity contribution < 1.29 is 33.3 Å². The van der Waals surface area contributed by atoms with Gasteiger partial charge in [0.15, 0.2) is 11.5 Å². The van der Waals surface area contributed by atoms with Crippen LogP contribution in [-0.4, -0.2) is 21.1 Å². The number of hydrogen-bond acceptors (Lipinski definition) is 11. The fourth-order valence-corrected chi connectivity index (χ4v) is 5.80. The molecule has 0 radical (unpaired) electrons. The van der Waals surface area contributed by atoms with Gasteiger partial charge in [0.1, 0.15) is 34.5 Å². The van der Waals surface area contributed by atoms with E-state index < -0.39 is 34.2 Å². The summed E-state index contributed by atoms with van der Waals surface area (Å²) in [4.78, 5) is 76.7. The van der Waals surface area contributed by atoms with Crippen LogP contribution in [0.15, 0.2) is 141 Å². The summed E-state index contributed by atoms with van der Waals surface area (Å²) in [6.45, 7) is 12.1. The molecule has 5 aromatic carbocycles. The quantitative estimate of drug-likeness (QED) is 0.0752. The van der Waals surface area contributed by atoms with Crippen LogP contribution < -0.4 is 45.9 Å². The molecule has 0 aliphatic heterocycles. The van der Waals surface area contributed by atoms with E-state index in [1.54, 1.807) is 61.5 Å². The number of ether oxygens (including phenoxy) is 5. The number of esters is 2. The van der Waals surface area contributed by atoms with Gasteiger partial charge in [0.25, 0.3) is 22.2 Å². The highest BCUT2D eigenvalue weighted by molar-refractivity contribution is 5.98. The van der Waals surface area contributed by atoms with Gasteiger partial charge in [-0.1, -0.05) is 19.2 Å². The molecule has 0 N–H and O–H groups in total. The van der Waals surface area contributed by atoms with Crippen molar-refractivity contribution in [1.82, 2.24) is 9.13 Å². The average Bonchev–Trinajstić information content (AvgIpc) is 3.56. The van der Waals surface area contributed by atoms with Crippen LogP contribution in [0.1, 0.15) is 19.4 Å². The second kappa shape index (κ2) is 14.8. The van der Waals surface area contributed by atoms with E-state index in [-0.39, 0.29) is 61.4 Å². The van der Waals surface area contributed by atoms with Crippen molar-refractivity contribution in [3.05, 3.63) is 168 Å². The van der Waals surface area contributed by atoms with E-state index in [1.165, 1.54) is 56.4 Å². The maximum atomic E-state index is 13.7. The highest BCUT2D eigenvalue weighted by Crippen LogP contribution is 2.39. The van der Waals surface area contributed by atoms with E-state index >= 15 is 0 Å². The van der Waals surface area contributed by atoms with Gasteiger partial charge in [-0.3, -0.25) is 23.7 Å². The second-order valence-electron chi connectivity index (χ2n) is 13.2. The summed E-state index contributed by atoms with van der Waals surface area (Å²) in [5.41, 5.74) is -1.14. The van der Waals surface area contributed by atoms with E-state index in [2.05, 4.69) is 13.2 Å². The van der Waals surface area contributed by atoms with Crippen LogP contribution >= 0.6 is 0 Å². The van der Waals surface area contributed by atoms with E-state index in [1.807, 2.05) is 6.92 Å². The van der Waals surface area contributed by atoms with Crippen LogP contribution in [0.2, 0.25) is 0 Å². The van der Waals surface area contributed by atoms with Gasteiger partial charge in [0, 0.05) is 30.3 Å². The molecular formula is C44H32N2O11. The zero-order valence-electron chi connectivity index (χ0n) is 31.0. The zero-order chi connectivity index (χ0) is 40.7. The lowest BCUT2D eigenvalue weighted by Gasteiger charge is -2.16. The zero-order valence-corrected chi connectivity index (χ0v) is 31.0. The van der Waals surface area contributed by atoms with Crippen LogP contribution in [0.5, 0.6) is 46.0 Å². The smallest absolute Gasteiger partial charge is 0.338 e. The van der Waals surface area contributed by atoms with Crippen LogP contribution in [-0.2, 0) is 16.6 Å². The van der Waals surface area contributed by atoms with E-state index in [0.717, 1.165) is 14.7 Å². The van der Waals surface area contributed by atoms with Crippen LogP contribution in [0, 0.1) is 6.92 Å². The standard InChI is InChI=1S/C44H32N2O11/c1-23(2)43(51)56-29-14-10-27(11-15-29)53-37-20-31(9-7-25(37)5)55-36-18-8-26(19-38(36)54-28-12-16-30(17-13-28)57-44(52)24(3)4)46-41(49)34-21-32-33(22-35(34)42(46)50)40(48)45(6)39(32)47/h7-22H,1,3H2,2,4-6H3. The fraction of sp³-hybridized carbons (Fsp3) is 0.0909. The molecule has 13 heteroatoms. The first-order chi connectivity index (χ1) is 27.2. The molecule has 7 rings (SSSR count). The molecule has 0 aliphatic carbocycles. The lowest BCUT2D eigenvalue weighted by Crippen LogP contribution is -2.23. The van der Waals surface area contributed by atoms with Crippen molar-refractivity contribution >= 4 is 33.5 Å². The third-order valence-electron chi connectivity index (χ3n) is 8.89. The second-order valence-corrected chi connectivity index (χ2v) is 13.2. The summed E-state index contributed by atoms with van der Waals surface area (Å²) in [5.74, 6) is 1.26. The van der Waals surface area contributed by atoms with Crippen molar-refractivity contribution in [2.24, 2.45) is 7.05 Å². The number of aryl methyl sites for hydroxylation is 1. The molecule has 7 aromatic rings. The summed E-state index contributed by atoms with van der Waals surface area (Å²) in [6, 6.07) is 24.8. The predicted octanol–water partition coefficient (Wildman–Crippen LogP) is 7.09. The van der Waals surface area contributed by atoms with Crippen LogP contribution in [0.25, 0.3) is 27.2 Å². The van der Waals surface area contributed by atoms with Crippen molar-refractivity contribution in [3.63, 3.8) is 0 Å². The third kappa shape index (κ3) is 7.36. The Morgan fingerprint density at radius 1 is 0.491 bits per heavy atom. The van der Waals surface area contributed by atoms with Gasteiger partial charge in [-0.2, -0.15) is 0 Å². The van der Waals surface area contributed by atoms with Crippen LogP contribution in [0.4, 0.5) is 0 Å². The summed E-state index contributed by atoms with van der Waals surface area (Å²) < 4.78 is 31.1. The Balaban J connectivity index is 1.24. The molecule has 0 bridgehead atoms. The number of rotatable bonds is 11. The molecular weight excluding hydrogens is 732 g/mol. The van der Waals surface area contributed by atoms with Gasteiger partial charge < -0.3 is 23.7 Å². The lowest BCUT2D eigenvalue weighted by atomic mass is 10.1. The fourth-order valence-electron chi connectivity index (χ4n) is 5.80. The normalized spacial score (nSPS) is 11.0. The SMILES string of the molecule is C=C(C)C(=O)Oc1ccc(Oc2cc(Oc3ccc(-n4c(=O)c5cc6c(=O)n(C)c(=O)c6cc5c4=O)cc3Oc3ccc(OC(=O)C(=C)C)cc3)ccc2C)cc1. The molecule has 57 heavy (non-hydrogen) atoms. The summed E-state index contributed by atoms with van der Waals surface area (Å²) in [5, 5.41) is 0.0362. The molecule has 2 heterocycles. The Morgan fingerprint density at radius 3 is 1.40 bits per heavy atom. The van der Waals surface area contributed by atoms with E-state index in [9.17, 15) is 28.8 Å². The third-order valence-corrected chi connectivity index (χ3v) is 8.89. The predicted molar refractivity (Wildman–Crippen MR) is 212 cm³/mol. The maximum Gasteiger partial charge on any atom is 0.338 e. The Hall–Kier alpha value is -7.80. The number of hydrogen-bond donors (Lipinski definition) is 0. The van der Waals surface area contributed by atoms with Crippen molar-refractivity contribution in [3.8, 4) is 51.7 Å². The Morgan fingerprint density at radius 2 is 0.912 bits per heavy atom. The molecule has 0 spiro atoms. The van der Waals surface area contributed by atoms with Gasteiger partial charge >= 0.3 is 11.9 Å². The average molecular weight is 765 g/mol. The molecule has 284 valence electrons. The minimum absolute atomic E-state index is 0.0207. The van der Waals surface area contributed by atoms with Gasteiger partial charge in [0.05, 0.1) is 27.2 Å². The molecule has 0 atom stereocenters.